The van der Waals surface area contributed by atoms with Crippen LogP contribution in [0.2, 0.25) is 0 Å². The van der Waals surface area contributed by atoms with Crippen LogP contribution in [0.15, 0.2) is 0 Å². The molecule has 0 aromatic heterocycles. The molecule has 0 amide bonds. The first kappa shape index (κ1) is 11.0. The molecule has 2 N–H and O–H groups in total. The lowest BCUT2D eigenvalue weighted by atomic mass is 9.68. The summed E-state index contributed by atoms with van der Waals surface area (Å²) in [5, 5.41) is 21.1. The van der Waals surface area contributed by atoms with Crippen molar-refractivity contribution in [1.29, 1.82) is 5.26 Å². The highest BCUT2D eigenvalue weighted by Crippen LogP contribution is 2.39. The molecule has 1 saturated heterocycles. The fourth-order valence-corrected chi connectivity index (χ4v) is 2.25. The lowest BCUT2D eigenvalue weighted by Crippen LogP contribution is -2.49. The van der Waals surface area contributed by atoms with Gasteiger partial charge in [-0.15, -0.1) is 0 Å². The van der Waals surface area contributed by atoms with Gasteiger partial charge < -0.3 is 10.4 Å². The maximum absolute atomic E-state index is 11.3. The highest BCUT2D eigenvalue weighted by atomic mass is 16.4. The molecule has 1 heterocycles. The van der Waals surface area contributed by atoms with Gasteiger partial charge in [0.1, 0.15) is 0 Å². The van der Waals surface area contributed by atoms with Crippen molar-refractivity contribution in [2.45, 2.75) is 26.2 Å². The third-order valence-electron chi connectivity index (χ3n) is 3.23. The van der Waals surface area contributed by atoms with Crippen molar-refractivity contribution in [2.24, 2.45) is 11.3 Å². The number of carboxylic acid groups (broad SMARTS) is 1. The first-order chi connectivity index (χ1) is 6.67. The van der Waals surface area contributed by atoms with Gasteiger partial charge in [0.15, 0.2) is 0 Å². The average molecular weight is 196 g/mol. The summed E-state index contributed by atoms with van der Waals surface area (Å²) in [5.74, 6) is -0.735. The Hall–Kier alpha value is -1.08. The molecule has 0 radical (unpaired) electrons. The smallest absolute Gasteiger partial charge is 0.311 e. The molecule has 1 fully saturated rings. The lowest BCUT2D eigenvalue weighted by Gasteiger charge is -2.39. The van der Waals surface area contributed by atoms with Gasteiger partial charge in [-0.1, -0.05) is 13.3 Å². The number of carboxylic acids is 1. The molecule has 2 atom stereocenters. The van der Waals surface area contributed by atoms with Crippen LogP contribution >= 0.6 is 0 Å². The van der Waals surface area contributed by atoms with Crippen LogP contribution in [-0.4, -0.2) is 24.2 Å². The predicted octanol–water partition coefficient (Wildman–Crippen LogP) is 0.991. The Morgan fingerprint density at radius 2 is 2.50 bits per heavy atom. The van der Waals surface area contributed by atoms with Crippen LogP contribution in [0.25, 0.3) is 0 Å². The van der Waals surface area contributed by atoms with Gasteiger partial charge >= 0.3 is 5.97 Å². The van der Waals surface area contributed by atoms with Gasteiger partial charge in [0.25, 0.3) is 0 Å². The van der Waals surface area contributed by atoms with Gasteiger partial charge in [-0.2, -0.15) is 5.26 Å². The first-order valence-electron chi connectivity index (χ1n) is 4.98. The maximum Gasteiger partial charge on any atom is 0.311 e. The molecule has 0 bridgehead atoms. The molecule has 0 spiro atoms. The van der Waals surface area contributed by atoms with Gasteiger partial charge in [0.05, 0.1) is 17.9 Å². The molecule has 0 aromatic rings. The number of aliphatic carboxylic acids is 1. The summed E-state index contributed by atoms with van der Waals surface area (Å²) in [6, 6.07) is 2.02. The molecule has 78 valence electrons. The number of nitrogens with one attached hydrogen (secondary N) is 1. The number of nitriles is 1. The summed E-state index contributed by atoms with van der Waals surface area (Å²) in [7, 11) is 0. The van der Waals surface area contributed by atoms with E-state index in [0.717, 1.165) is 6.42 Å². The Morgan fingerprint density at radius 3 is 3.00 bits per heavy atom. The Kier molecular flexibility index (Phi) is 3.48. The van der Waals surface area contributed by atoms with Crippen LogP contribution in [0.3, 0.4) is 0 Å². The van der Waals surface area contributed by atoms with Crippen molar-refractivity contribution in [3.05, 3.63) is 0 Å². The summed E-state index contributed by atoms with van der Waals surface area (Å²) < 4.78 is 0. The van der Waals surface area contributed by atoms with E-state index < -0.39 is 11.4 Å². The summed E-state index contributed by atoms with van der Waals surface area (Å²) in [4.78, 5) is 11.3. The predicted molar refractivity (Wildman–Crippen MR) is 51.6 cm³/mol. The van der Waals surface area contributed by atoms with Crippen molar-refractivity contribution < 1.29 is 9.90 Å². The standard InChI is InChI=1S/C10H16N2O2/c1-2-8-7-12-6-4-10(8,3-5-11)9(13)14/h8,12H,2-4,6-7H2,1H3,(H,13,14)/t8-,10+/m0/s1. The second kappa shape index (κ2) is 4.43. The number of nitrogens with zero attached hydrogens (tertiary/aromatic N) is 1. The summed E-state index contributed by atoms with van der Waals surface area (Å²) >= 11 is 0. The van der Waals surface area contributed by atoms with Crippen molar-refractivity contribution in [3.8, 4) is 6.07 Å². The molecular formula is C10H16N2O2. The van der Waals surface area contributed by atoms with Gasteiger partial charge in [-0.05, 0) is 25.4 Å². The summed E-state index contributed by atoms with van der Waals surface area (Å²) in [5.41, 5.74) is -0.811. The monoisotopic (exact) mass is 196 g/mol. The van der Waals surface area contributed by atoms with Crippen molar-refractivity contribution >= 4 is 5.97 Å². The molecular weight excluding hydrogens is 180 g/mol. The van der Waals surface area contributed by atoms with Crippen LogP contribution < -0.4 is 5.32 Å². The molecule has 14 heavy (non-hydrogen) atoms. The lowest BCUT2D eigenvalue weighted by molar-refractivity contribution is -0.154. The third kappa shape index (κ3) is 1.73. The van der Waals surface area contributed by atoms with E-state index in [1.165, 1.54) is 0 Å². The minimum Gasteiger partial charge on any atom is -0.481 e. The van der Waals surface area contributed by atoms with E-state index in [0.29, 0.717) is 19.5 Å². The number of piperidine rings is 1. The first-order valence-corrected chi connectivity index (χ1v) is 4.98. The highest BCUT2D eigenvalue weighted by molar-refractivity contribution is 5.75. The van der Waals surface area contributed by atoms with E-state index in [9.17, 15) is 9.90 Å². The SMILES string of the molecule is CC[C@H]1CNCC[C@@]1(CC#N)C(=O)O. The minimum atomic E-state index is -0.813. The van der Waals surface area contributed by atoms with Crippen LogP contribution in [0.1, 0.15) is 26.2 Å². The molecule has 0 aromatic carbocycles. The molecule has 0 saturated carbocycles. The largest absolute Gasteiger partial charge is 0.481 e. The zero-order chi connectivity index (χ0) is 10.6. The quantitative estimate of drug-likeness (QED) is 0.706. The van der Waals surface area contributed by atoms with E-state index in [1.54, 1.807) is 0 Å². The van der Waals surface area contributed by atoms with Gasteiger partial charge in [-0.25, -0.2) is 0 Å². The van der Waals surface area contributed by atoms with E-state index in [1.807, 2.05) is 13.0 Å². The van der Waals surface area contributed by atoms with Gasteiger partial charge in [0.2, 0.25) is 0 Å². The van der Waals surface area contributed by atoms with Crippen molar-refractivity contribution in [1.82, 2.24) is 5.32 Å². The number of rotatable bonds is 3. The Balaban J connectivity index is 2.91. The molecule has 1 rings (SSSR count). The fraction of sp³-hybridized carbons (Fsp3) is 0.800. The fourth-order valence-electron chi connectivity index (χ4n) is 2.25. The molecule has 0 aliphatic carbocycles. The topological polar surface area (TPSA) is 73.1 Å². The average Bonchev–Trinajstić information content (AvgIpc) is 2.18. The van der Waals surface area contributed by atoms with Crippen LogP contribution in [0.5, 0.6) is 0 Å². The number of carbonyl (C=O) groups is 1. The number of hydrogen-bond acceptors (Lipinski definition) is 3. The Bertz CT molecular complexity index is 259. The molecule has 4 nitrogen and oxygen atoms in total. The van der Waals surface area contributed by atoms with E-state index in [4.69, 9.17) is 5.26 Å². The molecule has 1 aliphatic rings. The number of hydrogen-bond donors (Lipinski definition) is 2. The van der Waals surface area contributed by atoms with Crippen LogP contribution in [-0.2, 0) is 4.79 Å². The maximum atomic E-state index is 11.3. The molecule has 4 heteroatoms. The van der Waals surface area contributed by atoms with Crippen LogP contribution in [0, 0.1) is 22.7 Å². The summed E-state index contributed by atoms with van der Waals surface area (Å²) in [6.45, 7) is 3.39. The zero-order valence-electron chi connectivity index (χ0n) is 8.42. The van der Waals surface area contributed by atoms with Gasteiger partial charge in [-0.3, -0.25) is 4.79 Å². The second-order valence-corrected chi connectivity index (χ2v) is 3.86. The van der Waals surface area contributed by atoms with E-state index in [-0.39, 0.29) is 12.3 Å². The highest BCUT2D eigenvalue weighted by Gasteiger charge is 2.46. The summed E-state index contributed by atoms with van der Waals surface area (Å²) in [6.07, 6.45) is 1.50. The Labute approximate surface area is 83.9 Å². The normalized spacial score (nSPS) is 32.1. The molecule has 1 aliphatic heterocycles. The van der Waals surface area contributed by atoms with Crippen LogP contribution in [0.4, 0.5) is 0 Å². The zero-order valence-corrected chi connectivity index (χ0v) is 8.42. The Morgan fingerprint density at radius 1 is 1.79 bits per heavy atom. The second-order valence-electron chi connectivity index (χ2n) is 3.86. The van der Waals surface area contributed by atoms with E-state index >= 15 is 0 Å². The third-order valence-corrected chi connectivity index (χ3v) is 3.23. The molecule has 0 unspecified atom stereocenters. The van der Waals surface area contributed by atoms with Gasteiger partial charge in [0, 0.05) is 0 Å². The van der Waals surface area contributed by atoms with E-state index in [2.05, 4.69) is 5.32 Å². The minimum absolute atomic E-state index is 0.0772. The van der Waals surface area contributed by atoms with Crippen molar-refractivity contribution in [2.75, 3.05) is 13.1 Å². The van der Waals surface area contributed by atoms with Crippen molar-refractivity contribution in [3.63, 3.8) is 0 Å².